The molecule has 5 aromatic heterocycles. The highest BCUT2D eigenvalue weighted by molar-refractivity contribution is 5.99. The molecule has 0 atom stereocenters. The Balaban J connectivity index is 1.36. The monoisotopic (exact) mass is 495 g/mol. The first-order valence-electron chi connectivity index (χ1n) is 12.5. The first-order valence-corrected chi connectivity index (χ1v) is 12.5. The number of rotatable bonds is 5. The van der Waals surface area contributed by atoms with Gasteiger partial charge in [-0.25, -0.2) is 4.98 Å². The second-order valence-electron chi connectivity index (χ2n) is 9.86. The van der Waals surface area contributed by atoms with Crippen molar-refractivity contribution in [2.24, 2.45) is 5.92 Å². The zero-order valence-corrected chi connectivity index (χ0v) is 21.1. The molecule has 1 saturated heterocycles. The van der Waals surface area contributed by atoms with Gasteiger partial charge in [0.1, 0.15) is 11.2 Å². The number of fused-ring (bicyclic) bond motifs is 2. The van der Waals surface area contributed by atoms with Crippen LogP contribution in [-0.4, -0.2) is 74.2 Å². The molecule has 1 fully saturated rings. The quantitative estimate of drug-likeness (QED) is 0.338. The number of carbonyl (C=O) groups excluding carboxylic acids is 1. The lowest BCUT2D eigenvalue weighted by Crippen LogP contribution is -2.44. The summed E-state index contributed by atoms with van der Waals surface area (Å²) in [7, 11) is 2.16. The lowest BCUT2D eigenvalue weighted by atomic mass is 10.1. The number of aromatic nitrogens is 6. The molecule has 0 spiro atoms. The number of nitrogens with zero attached hydrogens (tertiary/aromatic N) is 6. The highest BCUT2D eigenvalue weighted by atomic mass is 16.1. The van der Waals surface area contributed by atoms with Crippen LogP contribution in [0.15, 0.2) is 49.1 Å². The van der Waals surface area contributed by atoms with Gasteiger partial charge in [-0.05, 0) is 31.3 Å². The molecule has 188 valence electrons. The van der Waals surface area contributed by atoms with Crippen molar-refractivity contribution in [3.8, 4) is 22.6 Å². The van der Waals surface area contributed by atoms with Gasteiger partial charge in [0.05, 0.1) is 52.4 Å². The third-order valence-corrected chi connectivity index (χ3v) is 6.86. The largest absolute Gasteiger partial charge is 0.367 e. The fraction of sp³-hybridized carbons (Fsp3) is 0.296. The van der Waals surface area contributed by atoms with Crippen LogP contribution < -0.4 is 10.2 Å². The van der Waals surface area contributed by atoms with Crippen molar-refractivity contribution in [2.75, 3.05) is 43.4 Å². The minimum atomic E-state index is -0.116. The third kappa shape index (κ3) is 4.40. The molecule has 0 aliphatic carbocycles. The van der Waals surface area contributed by atoms with Crippen molar-refractivity contribution in [1.82, 2.24) is 35.0 Å². The molecule has 3 N–H and O–H groups in total. The van der Waals surface area contributed by atoms with E-state index in [1.165, 1.54) is 0 Å². The van der Waals surface area contributed by atoms with E-state index in [1.807, 2.05) is 44.4 Å². The summed E-state index contributed by atoms with van der Waals surface area (Å²) < 4.78 is 0. The number of hydrogen-bond donors (Lipinski definition) is 3. The summed E-state index contributed by atoms with van der Waals surface area (Å²) in [6.45, 7) is 7.72. The van der Waals surface area contributed by atoms with Gasteiger partial charge in [0.25, 0.3) is 0 Å². The van der Waals surface area contributed by atoms with Crippen LogP contribution in [0.2, 0.25) is 0 Å². The molecule has 1 aliphatic rings. The number of anilines is 2. The Bertz CT molecular complexity index is 1590. The maximum absolute atomic E-state index is 12.1. The Hall–Kier alpha value is -4.31. The average molecular weight is 496 g/mol. The minimum Gasteiger partial charge on any atom is -0.367 e. The molecule has 0 saturated carbocycles. The van der Waals surface area contributed by atoms with E-state index >= 15 is 0 Å². The molecule has 6 heterocycles. The van der Waals surface area contributed by atoms with Gasteiger partial charge in [-0.2, -0.15) is 5.10 Å². The highest BCUT2D eigenvalue weighted by Gasteiger charge is 2.20. The first-order chi connectivity index (χ1) is 18.0. The number of piperazine rings is 1. The number of amides is 1. The lowest BCUT2D eigenvalue weighted by molar-refractivity contribution is -0.118. The van der Waals surface area contributed by atoms with Crippen molar-refractivity contribution in [2.45, 2.75) is 13.8 Å². The Morgan fingerprint density at radius 2 is 1.81 bits per heavy atom. The van der Waals surface area contributed by atoms with E-state index in [4.69, 9.17) is 4.98 Å². The third-order valence-electron chi connectivity index (χ3n) is 6.86. The van der Waals surface area contributed by atoms with Crippen LogP contribution in [0.25, 0.3) is 44.6 Å². The summed E-state index contributed by atoms with van der Waals surface area (Å²) in [6, 6.07) is 7.92. The smallest absolute Gasteiger partial charge is 0.226 e. The van der Waals surface area contributed by atoms with Crippen LogP contribution in [-0.2, 0) is 4.79 Å². The Labute approximate surface area is 214 Å². The van der Waals surface area contributed by atoms with Gasteiger partial charge in [-0.1, -0.05) is 13.8 Å². The van der Waals surface area contributed by atoms with Gasteiger partial charge in [0, 0.05) is 49.2 Å². The molecular weight excluding hydrogens is 466 g/mol. The number of pyridine rings is 3. The molecular formula is C27H29N9O. The molecule has 0 bridgehead atoms. The first kappa shape index (κ1) is 23.1. The van der Waals surface area contributed by atoms with Gasteiger partial charge < -0.3 is 20.1 Å². The molecule has 5 aromatic rings. The second kappa shape index (κ2) is 9.29. The summed E-state index contributed by atoms with van der Waals surface area (Å²) in [5.74, 6) is -0.168. The van der Waals surface area contributed by atoms with Crippen molar-refractivity contribution in [1.29, 1.82) is 0 Å². The predicted molar refractivity (Wildman–Crippen MR) is 145 cm³/mol. The van der Waals surface area contributed by atoms with E-state index in [0.29, 0.717) is 5.69 Å². The zero-order valence-electron chi connectivity index (χ0n) is 21.1. The van der Waals surface area contributed by atoms with E-state index in [1.54, 1.807) is 12.4 Å². The predicted octanol–water partition coefficient (Wildman–Crippen LogP) is 3.91. The van der Waals surface area contributed by atoms with Crippen molar-refractivity contribution in [3.05, 3.63) is 49.1 Å². The van der Waals surface area contributed by atoms with E-state index < -0.39 is 0 Å². The summed E-state index contributed by atoms with van der Waals surface area (Å²) in [6.07, 6.45) is 7.19. The van der Waals surface area contributed by atoms with E-state index in [2.05, 4.69) is 53.4 Å². The Morgan fingerprint density at radius 3 is 2.62 bits per heavy atom. The summed E-state index contributed by atoms with van der Waals surface area (Å²) in [5.41, 5.74) is 7.53. The fourth-order valence-electron chi connectivity index (χ4n) is 4.65. The van der Waals surface area contributed by atoms with Crippen LogP contribution >= 0.6 is 0 Å². The maximum Gasteiger partial charge on any atom is 0.226 e. The number of hydrogen-bond acceptors (Lipinski definition) is 7. The number of aromatic amines is 2. The van der Waals surface area contributed by atoms with Crippen molar-refractivity contribution < 1.29 is 4.79 Å². The Kier molecular flexibility index (Phi) is 5.80. The van der Waals surface area contributed by atoms with Crippen LogP contribution in [0.5, 0.6) is 0 Å². The summed E-state index contributed by atoms with van der Waals surface area (Å²) in [4.78, 5) is 34.1. The standard InChI is InChI=1S/C27H29N9O/c1-16(2)27(37)30-18-10-17(12-28-13-18)20-4-5-21-25(32-20)26(34-33-21)22-11-19-23(31-22)14-29-15-24(19)36-8-6-35(3)7-9-36/h4-5,10-16,31H,6-9H2,1-3H3,(H,30,37)(H,33,34). The van der Waals surface area contributed by atoms with Gasteiger partial charge in [0.2, 0.25) is 5.91 Å². The van der Waals surface area contributed by atoms with Crippen LogP contribution in [0, 0.1) is 5.92 Å². The Morgan fingerprint density at radius 1 is 1.00 bits per heavy atom. The van der Waals surface area contributed by atoms with Crippen molar-refractivity contribution >= 4 is 39.2 Å². The van der Waals surface area contributed by atoms with E-state index in [0.717, 1.165) is 76.4 Å². The number of H-pyrrole nitrogens is 2. The molecule has 37 heavy (non-hydrogen) atoms. The summed E-state index contributed by atoms with van der Waals surface area (Å²) >= 11 is 0. The lowest BCUT2D eigenvalue weighted by Gasteiger charge is -2.34. The average Bonchev–Trinajstić information content (AvgIpc) is 3.53. The van der Waals surface area contributed by atoms with E-state index in [-0.39, 0.29) is 11.8 Å². The van der Waals surface area contributed by atoms with Crippen LogP contribution in [0.4, 0.5) is 11.4 Å². The summed E-state index contributed by atoms with van der Waals surface area (Å²) in [5, 5.41) is 11.7. The topological polar surface area (TPSA) is 119 Å². The normalized spacial score (nSPS) is 14.6. The molecule has 0 aromatic carbocycles. The molecule has 10 nitrogen and oxygen atoms in total. The molecule has 1 amide bonds. The maximum atomic E-state index is 12.1. The van der Waals surface area contributed by atoms with Crippen LogP contribution in [0.1, 0.15) is 13.8 Å². The molecule has 1 aliphatic heterocycles. The van der Waals surface area contributed by atoms with Gasteiger partial charge in [-0.15, -0.1) is 0 Å². The molecule has 10 heteroatoms. The fourth-order valence-corrected chi connectivity index (χ4v) is 4.65. The van der Waals surface area contributed by atoms with Gasteiger partial charge in [0.15, 0.2) is 0 Å². The molecule has 0 unspecified atom stereocenters. The molecule has 6 rings (SSSR count). The highest BCUT2D eigenvalue weighted by Crippen LogP contribution is 2.33. The SMILES string of the molecule is CC(C)C(=O)Nc1cncc(-c2ccc3[nH]nc(-c4cc5c(N6CCN(C)CC6)cncc5[nH]4)c3n2)c1. The molecule has 0 radical (unpaired) electrons. The van der Waals surface area contributed by atoms with Crippen molar-refractivity contribution in [3.63, 3.8) is 0 Å². The second-order valence-corrected chi connectivity index (χ2v) is 9.86. The van der Waals surface area contributed by atoms with Gasteiger partial charge >= 0.3 is 0 Å². The zero-order chi connectivity index (χ0) is 25.5. The van der Waals surface area contributed by atoms with Crippen LogP contribution in [0.3, 0.4) is 0 Å². The number of carbonyl (C=O) groups is 1. The minimum absolute atomic E-state index is 0.0521. The number of likely N-dealkylation sites (N-methyl/N-ethyl adjacent to an activating group) is 1. The van der Waals surface area contributed by atoms with Gasteiger partial charge in [-0.3, -0.25) is 19.9 Å². The van der Waals surface area contributed by atoms with E-state index in [9.17, 15) is 4.79 Å². The number of nitrogens with one attached hydrogen (secondary N) is 3.